The van der Waals surface area contributed by atoms with Crippen molar-refractivity contribution in [2.75, 3.05) is 13.7 Å². The van der Waals surface area contributed by atoms with Gasteiger partial charge in [-0.1, -0.05) is 12.8 Å². The molecule has 2 nitrogen and oxygen atoms in total. The van der Waals surface area contributed by atoms with Crippen molar-refractivity contribution >= 4 is 11.3 Å². The van der Waals surface area contributed by atoms with Gasteiger partial charge < -0.3 is 4.74 Å². The van der Waals surface area contributed by atoms with E-state index in [0.29, 0.717) is 0 Å². The molecule has 1 atom stereocenters. The van der Waals surface area contributed by atoms with Gasteiger partial charge in [-0.2, -0.15) is 0 Å². The van der Waals surface area contributed by atoms with Gasteiger partial charge >= 0.3 is 0 Å². The van der Waals surface area contributed by atoms with Crippen molar-refractivity contribution in [3.8, 4) is 18.1 Å². The van der Waals surface area contributed by atoms with E-state index < -0.39 is 0 Å². The van der Waals surface area contributed by atoms with Gasteiger partial charge in [0.05, 0.1) is 12.0 Å². The van der Waals surface area contributed by atoms with Gasteiger partial charge in [-0.15, -0.1) is 17.8 Å². The fraction of sp³-hybridized carbons (Fsp3) is 0.455. The van der Waals surface area contributed by atoms with Crippen LogP contribution in [-0.4, -0.2) is 13.7 Å². The van der Waals surface area contributed by atoms with Crippen molar-refractivity contribution in [3.05, 3.63) is 16.3 Å². The summed E-state index contributed by atoms with van der Waals surface area (Å²) in [6, 6.07) is 1.92. The summed E-state index contributed by atoms with van der Waals surface area (Å²) in [5, 5.41) is 5.28. The lowest BCUT2D eigenvalue weighted by atomic mass is 10.2. The van der Waals surface area contributed by atoms with Crippen LogP contribution in [0.1, 0.15) is 24.3 Å². The minimum Gasteiger partial charge on any atom is -0.495 e. The first-order valence-corrected chi connectivity index (χ1v) is 5.52. The molecule has 1 unspecified atom stereocenters. The Hall–Kier alpha value is -0.980. The van der Waals surface area contributed by atoms with Gasteiger partial charge in [0.15, 0.2) is 0 Å². The van der Waals surface area contributed by atoms with Crippen molar-refractivity contribution in [2.24, 2.45) is 0 Å². The monoisotopic (exact) mass is 209 g/mol. The lowest BCUT2D eigenvalue weighted by Crippen LogP contribution is -2.20. The first-order valence-electron chi connectivity index (χ1n) is 4.64. The molecule has 0 bridgehead atoms. The van der Waals surface area contributed by atoms with E-state index in [4.69, 9.17) is 11.2 Å². The van der Waals surface area contributed by atoms with E-state index in [1.807, 2.05) is 11.4 Å². The summed E-state index contributed by atoms with van der Waals surface area (Å²) in [4.78, 5) is 1.09. The topological polar surface area (TPSA) is 21.3 Å². The van der Waals surface area contributed by atoms with E-state index in [1.165, 1.54) is 0 Å². The number of hydrogen-bond donors (Lipinski definition) is 1. The largest absolute Gasteiger partial charge is 0.495 e. The molecular formula is C11H15NOS. The maximum Gasteiger partial charge on any atom is 0.135 e. The van der Waals surface area contributed by atoms with Crippen LogP contribution in [0.3, 0.4) is 0 Å². The number of thiophene rings is 1. The Balaban J connectivity index is 2.74. The molecule has 1 N–H and O–H groups in total. The molecule has 0 radical (unpaired) electrons. The van der Waals surface area contributed by atoms with E-state index in [2.05, 4.69) is 18.2 Å². The second kappa shape index (κ2) is 5.69. The molecule has 0 spiro atoms. The van der Waals surface area contributed by atoms with Gasteiger partial charge in [-0.05, 0) is 24.4 Å². The third-order valence-electron chi connectivity index (χ3n) is 1.90. The molecule has 0 aliphatic carbocycles. The molecule has 0 fully saturated rings. The second-order valence-electron chi connectivity index (χ2n) is 2.91. The summed E-state index contributed by atoms with van der Waals surface area (Å²) in [6.07, 6.45) is 6.54. The fourth-order valence-corrected chi connectivity index (χ4v) is 2.10. The third-order valence-corrected chi connectivity index (χ3v) is 2.87. The average molecular weight is 209 g/mol. The Kier molecular flexibility index (Phi) is 4.51. The van der Waals surface area contributed by atoms with Crippen LogP contribution in [0.2, 0.25) is 0 Å². The van der Waals surface area contributed by atoms with Crippen LogP contribution in [-0.2, 0) is 0 Å². The van der Waals surface area contributed by atoms with Crippen molar-refractivity contribution in [2.45, 2.75) is 19.4 Å². The molecule has 0 aromatic carbocycles. The maximum absolute atomic E-state index is 5.47. The fourth-order valence-electron chi connectivity index (χ4n) is 1.20. The van der Waals surface area contributed by atoms with Crippen LogP contribution in [0.5, 0.6) is 5.75 Å². The molecular weight excluding hydrogens is 194 g/mol. The van der Waals surface area contributed by atoms with Crippen LogP contribution in [0.25, 0.3) is 0 Å². The number of methoxy groups -OCH3 is 1. The summed E-state index contributed by atoms with van der Waals surface area (Å²) >= 11 is 1.63. The molecule has 0 aliphatic rings. The Morgan fingerprint density at radius 1 is 1.71 bits per heavy atom. The summed E-state index contributed by atoms with van der Waals surface area (Å²) in [7, 11) is 1.67. The van der Waals surface area contributed by atoms with Crippen LogP contribution < -0.4 is 10.1 Å². The predicted octanol–water partition coefficient (Wildman–Crippen LogP) is 2.43. The summed E-state index contributed by atoms with van der Waals surface area (Å²) < 4.78 is 5.22. The SMILES string of the molecule is C#CC(NCCC)c1sccc1OC. The highest BCUT2D eigenvalue weighted by Gasteiger charge is 2.13. The van der Waals surface area contributed by atoms with E-state index in [9.17, 15) is 0 Å². The Bertz CT molecular complexity index is 313. The van der Waals surface area contributed by atoms with Gasteiger partial charge in [0.25, 0.3) is 0 Å². The summed E-state index contributed by atoms with van der Waals surface area (Å²) in [5.74, 6) is 3.61. The molecule has 0 aliphatic heterocycles. The normalized spacial score (nSPS) is 12.1. The van der Waals surface area contributed by atoms with Gasteiger partial charge in [-0.25, -0.2) is 0 Å². The molecule has 14 heavy (non-hydrogen) atoms. The van der Waals surface area contributed by atoms with E-state index in [0.717, 1.165) is 23.6 Å². The zero-order valence-corrected chi connectivity index (χ0v) is 9.36. The van der Waals surface area contributed by atoms with E-state index in [-0.39, 0.29) is 6.04 Å². The van der Waals surface area contributed by atoms with Gasteiger partial charge in [-0.3, -0.25) is 5.32 Å². The first kappa shape index (κ1) is 11.1. The Labute approximate surface area is 89.3 Å². The third kappa shape index (κ3) is 2.50. The van der Waals surface area contributed by atoms with Crippen LogP contribution >= 0.6 is 11.3 Å². The summed E-state index contributed by atoms with van der Waals surface area (Å²) in [5.41, 5.74) is 0. The van der Waals surface area contributed by atoms with Crippen molar-refractivity contribution in [3.63, 3.8) is 0 Å². The number of ether oxygens (including phenoxy) is 1. The minimum absolute atomic E-state index is 0.0232. The first-order chi connectivity index (χ1) is 6.83. The maximum atomic E-state index is 5.47. The second-order valence-corrected chi connectivity index (χ2v) is 3.85. The molecule has 1 aromatic rings. The Morgan fingerprint density at radius 3 is 3.07 bits per heavy atom. The average Bonchev–Trinajstić information content (AvgIpc) is 2.67. The van der Waals surface area contributed by atoms with Crippen LogP contribution in [0, 0.1) is 12.3 Å². The number of nitrogens with one attached hydrogen (secondary N) is 1. The zero-order valence-electron chi connectivity index (χ0n) is 8.54. The van der Waals surface area contributed by atoms with Gasteiger partial charge in [0.1, 0.15) is 11.8 Å². The highest BCUT2D eigenvalue weighted by Crippen LogP contribution is 2.30. The highest BCUT2D eigenvalue weighted by molar-refractivity contribution is 7.10. The van der Waals surface area contributed by atoms with Gasteiger partial charge in [0.2, 0.25) is 0 Å². The number of hydrogen-bond acceptors (Lipinski definition) is 3. The van der Waals surface area contributed by atoms with E-state index in [1.54, 1.807) is 18.4 Å². The van der Waals surface area contributed by atoms with Gasteiger partial charge in [0, 0.05) is 0 Å². The molecule has 0 amide bonds. The quantitative estimate of drug-likeness (QED) is 0.752. The lowest BCUT2D eigenvalue weighted by Gasteiger charge is -2.12. The molecule has 1 heterocycles. The van der Waals surface area contributed by atoms with Crippen LogP contribution in [0.4, 0.5) is 0 Å². The number of rotatable bonds is 5. The standard InChI is InChI=1S/C11H15NOS/c1-4-7-12-9(5-2)11-10(13-3)6-8-14-11/h2,6,8-9,12H,4,7H2,1,3H3. The molecule has 0 saturated heterocycles. The molecule has 3 heteroatoms. The minimum atomic E-state index is -0.0232. The smallest absolute Gasteiger partial charge is 0.135 e. The number of terminal acetylenes is 1. The van der Waals surface area contributed by atoms with Crippen molar-refractivity contribution in [1.82, 2.24) is 5.32 Å². The lowest BCUT2D eigenvalue weighted by molar-refractivity contribution is 0.408. The van der Waals surface area contributed by atoms with E-state index >= 15 is 0 Å². The molecule has 76 valence electrons. The van der Waals surface area contributed by atoms with Crippen LogP contribution in [0.15, 0.2) is 11.4 Å². The van der Waals surface area contributed by atoms with Crippen molar-refractivity contribution < 1.29 is 4.74 Å². The molecule has 0 saturated carbocycles. The molecule has 1 rings (SSSR count). The Morgan fingerprint density at radius 2 is 2.50 bits per heavy atom. The highest BCUT2D eigenvalue weighted by atomic mass is 32.1. The molecule has 1 aromatic heterocycles. The predicted molar refractivity (Wildman–Crippen MR) is 60.7 cm³/mol. The zero-order chi connectivity index (χ0) is 10.4. The van der Waals surface area contributed by atoms with Crippen molar-refractivity contribution in [1.29, 1.82) is 0 Å². The summed E-state index contributed by atoms with van der Waals surface area (Å²) in [6.45, 7) is 3.04.